The van der Waals surface area contributed by atoms with E-state index in [1.54, 1.807) is 4.90 Å². The summed E-state index contributed by atoms with van der Waals surface area (Å²) >= 11 is 0. The number of anilines is 2. The number of aliphatic imine (C=N–C) groups is 1. The second-order valence-electron chi connectivity index (χ2n) is 6.05. The number of aryl methyl sites for hydroxylation is 2. The Morgan fingerprint density at radius 3 is 2.79 bits per heavy atom. The summed E-state index contributed by atoms with van der Waals surface area (Å²) in [5, 5.41) is 3.03. The minimum atomic E-state index is -0.0372. The first-order valence-electron chi connectivity index (χ1n) is 8.07. The van der Waals surface area contributed by atoms with Gasteiger partial charge in [-0.3, -0.25) is 4.79 Å². The van der Waals surface area contributed by atoms with Gasteiger partial charge < -0.3 is 16.0 Å². The van der Waals surface area contributed by atoms with Crippen molar-refractivity contribution in [3.8, 4) is 0 Å². The third kappa shape index (κ3) is 3.40. The standard InChI is InChI=1S/C19H22N4O/c1-13-7-8-16(11-14(13)2)22-19(20)21-12-18(24)23-10-9-15-5-3-4-6-17(15)23/h3-8,11H,9-10,12H2,1-2H3,(H3,20,21,22). The van der Waals surface area contributed by atoms with E-state index in [0.717, 1.165) is 17.8 Å². The van der Waals surface area contributed by atoms with Crippen molar-refractivity contribution < 1.29 is 4.79 Å². The lowest BCUT2D eigenvalue weighted by Gasteiger charge is -2.16. The highest BCUT2D eigenvalue weighted by Crippen LogP contribution is 2.27. The van der Waals surface area contributed by atoms with Crippen LogP contribution in [0.4, 0.5) is 11.4 Å². The van der Waals surface area contributed by atoms with E-state index in [0.29, 0.717) is 6.54 Å². The van der Waals surface area contributed by atoms with Crippen LogP contribution in [0.15, 0.2) is 47.5 Å². The van der Waals surface area contributed by atoms with Gasteiger partial charge in [0.25, 0.3) is 0 Å². The van der Waals surface area contributed by atoms with Crippen LogP contribution in [-0.4, -0.2) is 25.0 Å². The van der Waals surface area contributed by atoms with Crippen molar-refractivity contribution in [2.45, 2.75) is 20.3 Å². The Labute approximate surface area is 142 Å². The molecule has 0 fully saturated rings. The molecule has 1 heterocycles. The summed E-state index contributed by atoms with van der Waals surface area (Å²) in [6.45, 7) is 4.85. The molecule has 0 unspecified atom stereocenters. The third-order valence-electron chi connectivity index (χ3n) is 4.35. The minimum Gasteiger partial charge on any atom is -0.370 e. The van der Waals surface area contributed by atoms with E-state index < -0.39 is 0 Å². The van der Waals surface area contributed by atoms with E-state index >= 15 is 0 Å². The first-order chi connectivity index (χ1) is 11.5. The Balaban J connectivity index is 1.63. The lowest BCUT2D eigenvalue weighted by molar-refractivity contribution is -0.117. The van der Waals surface area contributed by atoms with Crippen molar-refractivity contribution in [2.75, 3.05) is 23.3 Å². The number of hydrogen-bond acceptors (Lipinski definition) is 2. The number of guanidine groups is 1. The van der Waals surface area contributed by atoms with Crippen LogP contribution < -0.4 is 16.0 Å². The first-order valence-corrected chi connectivity index (χ1v) is 8.07. The number of benzene rings is 2. The molecule has 0 aliphatic carbocycles. The highest BCUT2D eigenvalue weighted by atomic mass is 16.2. The van der Waals surface area contributed by atoms with Gasteiger partial charge in [0.2, 0.25) is 5.91 Å². The van der Waals surface area contributed by atoms with Crippen LogP contribution >= 0.6 is 0 Å². The third-order valence-corrected chi connectivity index (χ3v) is 4.35. The van der Waals surface area contributed by atoms with Gasteiger partial charge in [-0.2, -0.15) is 0 Å². The zero-order chi connectivity index (χ0) is 17.1. The molecule has 0 radical (unpaired) electrons. The van der Waals surface area contributed by atoms with Gasteiger partial charge in [-0.15, -0.1) is 0 Å². The van der Waals surface area contributed by atoms with Crippen molar-refractivity contribution in [3.63, 3.8) is 0 Å². The van der Waals surface area contributed by atoms with Crippen LogP contribution in [0.25, 0.3) is 0 Å². The average molecular weight is 322 g/mol. The van der Waals surface area contributed by atoms with Crippen molar-refractivity contribution in [1.29, 1.82) is 0 Å². The summed E-state index contributed by atoms with van der Waals surface area (Å²) in [5.74, 6) is 0.212. The summed E-state index contributed by atoms with van der Waals surface area (Å²) in [5.41, 5.74) is 11.4. The van der Waals surface area contributed by atoms with Crippen LogP contribution in [0.5, 0.6) is 0 Å². The molecule has 1 aliphatic heterocycles. The number of para-hydroxylation sites is 1. The molecular formula is C19H22N4O. The van der Waals surface area contributed by atoms with E-state index in [9.17, 15) is 4.79 Å². The molecule has 0 atom stereocenters. The number of amides is 1. The summed E-state index contributed by atoms with van der Waals surface area (Å²) in [6, 6.07) is 14.0. The van der Waals surface area contributed by atoms with Gasteiger partial charge in [0.15, 0.2) is 5.96 Å². The van der Waals surface area contributed by atoms with Gasteiger partial charge >= 0.3 is 0 Å². The summed E-state index contributed by atoms with van der Waals surface area (Å²) < 4.78 is 0. The molecule has 124 valence electrons. The molecule has 2 aromatic rings. The van der Waals surface area contributed by atoms with Gasteiger partial charge in [-0.05, 0) is 55.2 Å². The normalized spacial score (nSPS) is 13.8. The molecule has 1 aliphatic rings. The SMILES string of the molecule is Cc1ccc(NC(N)=NCC(=O)N2CCc3ccccc32)cc1C. The largest absolute Gasteiger partial charge is 0.370 e. The second kappa shape index (κ2) is 6.74. The number of carbonyl (C=O) groups is 1. The number of nitrogens with two attached hydrogens (primary N) is 1. The number of hydrogen-bond donors (Lipinski definition) is 2. The predicted octanol–water partition coefficient (Wildman–Crippen LogP) is 2.62. The second-order valence-corrected chi connectivity index (χ2v) is 6.05. The molecule has 0 bridgehead atoms. The monoisotopic (exact) mass is 322 g/mol. The van der Waals surface area contributed by atoms with E-state index in [-0.39, 0.29) is 18.4 Å². The van der Waals surface area contributed by atoms with E-state index in [1.807, 2.05) is 43.3 Å². The molecular weight excluding hydrogens is 300 g/mol. The zero-order valence-corrected chi connectivity index (χ0v) is 14.0. The zero-order valence-electron chi connectivity index (χ0n) is 14.0. The maximum atomic E-state index is 12.4. The Bertz CT molecular complexity index is 798. The van der Waals surface area contributed by atoms with Gasteiger partial charge in [0.1, 0.15) is 6.54 Å². The molecule has 3 N–H and O–H groups in total. The lowest BCUT2D eigenvalue weighted by atomic mass is 10.1. The number of rotatable bonds is 3. The van der Waals surface area contributed by atoms with Crippen LogP contribution in [0, 0.1) is 13.8 Å². The van der Waals surface area contributed by atoms with Crippen LogP contribution in [-0.2, 0) is 11.2 Å². The van der Waals surface area contributed by atoms with Gasteiger partial charge in [0, 0.05) is 17.9 Å². The smallest absolute Gasteiger partial charge is 0.248 e. The van der Waals surface area contributed by atoms with E-state index in [4.69, 9.17) is 5.73 Å². The van der Waals surface area contributed by atoms with Crippen LogP contribution in [0.3, 0.4) is 0 Å². The van der Waals surface area contributed by atoms with Crippen molar-refractivity contribution in [2.24, 2.45) is 10.7 Å². The van der Waals surface area contributed by atoms with E-state index in [1.165, 1.54) is 16.7 Å². The Morgan fingerprint density at radius 1 is 1.21 bits per heavy atom. The summed E-state index contributed by atoms with van der Waals surface area (Å²) in [6.07, 6.45) is 0.891. The molecule has 3 rings (SSSR count). The van der Waals surface area contributed by atoms with Gasteiger partial charge in [0.05, 0.1) is 0 Å². The number of carbonyl (C=O) groups excluding carboxylic acids is 1. The van der Waals surface area contributed by atoms with Gasteiger partial charge in [-0.1, -0.05) is 24.3 Å². The highest BCUT2D eigenvalue weighted by Gasteiger charge is 2.23. The van der Waals surface area contributed by atoms with Crippen molar-refractivity contribution >= 4 is 23.2 Å². The average Bonchev–Trinajstić information content (AvgIpc) is 3.00. The quantitative estimate of drug-likeness (QED) is 0.674. The van der Waals surface area contributed by atoms with Crippen LogP contribution in [0.1, 0.15) is 16.7 Å². The predicted molar refractivity (Wildman–Crippen MR) is 98.5 cm³/mol. The van der Waals surface area contributed by atoms with Crippen LogP contribution in [0.2, 0.25) is 0 Å². The van der Waals surface area contributed by atoms with Crippen molar-refractivity contribution in [3.05, 3.63) is 59.2 Å². The molecule has 2 aromatic carbocycles. The number of nitrogens with zero attached hydrogens (tertiary/aromatic N) is 2. The fourth-order valence-electron chi connectivity index (χ4n) is 2.84. The maximum absolute atomic E-state index is 12.4. The fraction of sp³-hybridized carbons (Fsp3) is 0.263. The molecule has 0 saturated carbocycles. The molecule has 0 aromatic heterocycles. The Morgan fingerprint density at radius 2 is 2.00 bits per heavy atom. The molecule has 0 saturated heterocycles. The summed E-state index contributed by atoms with van der Waals surface area (Å²) in [4.78, 5) is 18.4. The maximum Gasteiger partial charge on any atom is 0.248 e. The summed E-state index contributed by atoms with van der Waals surface area (Å²) in [7, 11) is 0. The van der Waals surface area contributed by atoms with Crippen molar-refractivity contribution in [1.82, 2.24) is 0 Å². The first kappa shape index (κ1) is 16.1. The highest BCUT2D eigenvalue weighted by molar-refractivity contribution is 5.99. The Kier molecular flexibility index (Phi) is 4.51. The fourth-order valence-corrected chi connectivity index (χ4v) is 2.84. The van der Waals surface area contributed by atoms with Gasteiger partial charge in [-0.25, -0.2) is 4.99 Å². The molecule has 24 heavy (non-hydrogen) atoms. The molecule has 5 nitrogen and oxygen atoms in total. The topological polar surface area (TPSA) is 70.7 Å². The van der Waals surface area contributed by atoms with E-state index in [2.05, 4.69) is 23.3 Å². The Hall–Kier alpha value is -2.82. The lowest BCUT2D eigenvalue weighted by Crippen LogP contribution is -2.32. The molecule has 1 amide bonds. The number of nitrogens with one attached hydrogen (secondary N) is 1. The molecule has 0 spiro atoms. The minimum absolute atomic E-state index is 0.0372. The molecule has 5 heteroatoms. The number of fused-ring (bicyclic) bond motifs is 1.